The molecule has 1 N–H and O–H groups in total. The van der Waals surface area contributed by atoms with Gasteiger partial charge in [-0.25, -0.2) is 4.79 Å². The molecule has 0 aliphatic heterocycles. The van der Waals surface area contributed by atoms with Gasteiger partial charge in [0.05, 0.1) is 17.7 Å². The third-order valence-electron chi connectivity index (χ3n) is 4.61. The molecular weight excluding hydrogens is 428 g/mol. The number of carbonyl (C=O) groups is 2. The first kappa shape index (κ1) is 23.3. The average Bonchev–Trinajstić information content (AvgIpc) is 2.82. The fourth-order valence-corrected chi connectivity index (χ4v) is 3.05. The van der Waals surface area contributed by atoms with Gasteiger partial charge >= 0.3 is 11.7 Å². The number of para-hydroxylation sites is 2. The molecular formula is C24H22N2O7. The minimum atomic E-state index is -1.28. The summed E-state index contributed by atoms with van der Waals surface area (Å²) in [6.07, 6.45) is -1.28. The van der Waals surface area contributed by atoms with Crippen molar-refractivity contribution in [3.05, 3.63) is 94.0 Å². The quantitative estimate of drug-likeness (QED) is 0.295. The number of hydrogen-bond donors (Lipinski definition) is 1. The highest BCUT2D eigenvalue weighted by atomic mass is 16.6. The van der Waals surface area contributed by atoms with E-state index in [4.69, 9.17) is 14.2 Å². The number of nitro groups is 1. The molecule has 1 atom stereocenters. The second-order valence-corrected chi connectivity index (χ2v) is 6.99. The maximum Gasteiger partial charge on any atom is 0.345 e. The zero-order chi connectivity index (χ0) is 23.8. The Morgan fingerprint density at radius 1 is 1.00 bits per heavy atom. The van der Waals surface area contributed by atoms with E-state index in [1.54, 1.807) is 48.5 Å². The van der Waals surface area contributed by atoms with Gasteiger partial charge in [-0.2, -0.15) is 0 Å². The minimum absolute atomic E-state index is 0.0790. The summed E-state index contributed by atoms with van der Waals surface area (Å²) in [6, 6.07) is 19.4. The number of carbonyl (C=O) groups excluding carboxylic acids is 2. The molecule has 0 aliphatic rings. The summed E-state index contributed by atoms with van der Waals surface area (Å²) < 4.78 is 16.0. The maximum absolute atomic E-state index is 13.1. The number of amides is 1. The van der Waals surface area contributed by atoms with Crippen LogP contribution in [0.15, 0.2) is 72.8 Å². The maximum atomic E-state index is 13.1. The smallest absolute Gasteiger partial charge is 0.345 e. The van der Waals surface area contributed by atoms with Crippen molar-refractivity contribution < 1.29 is 28.7 Å². The highest BCUT2D eigenvalue weighted by molar-refractivity contribution is 5.97. The van der Waals surface area contributed by atoms with Gasteiger partial charge in [-0.3, -0.25) is 14.9 Å². The molecule has 3 aromatic rings. The van der Waals surface area contributed by atoms with Gasteiger partial charge in [0.15, 0.2) is 12.4 Å². The van der Waals surface area contributed by atoms with Gasteiger partial charge in [-0.15, -0.1) is 0 Å². The molecule has 1 unspecified atom stereocenters. The molecule has 170 valence electrons. The summed E-state index contributed by atoms with van der Waals surface area (Å²) in [4.78, 5) is 36.1. The van der Waals surface area contributed by atoms with Crippen LogP contribution in [-0.2, 0) is 14.3 Å². The van der Waals surface area contributed by atoms with Crippen LogP contribution in [0.25, 0.3) is 0 Å². The molecule has 0 saturated carbocycles. The first-order valence-corrected chi connectivity index (χ1v) is 9.95. The van der Waals surface area contributed by atoms with Crippen molar-refractivity contribution in [1.82, 2.24) is 0 Å². The summed E-state index contributed by atoms with van der Waals surface area (Å²) in [5.41, 5.74) is 1.49. The van der Waals surface area contributed by atoms with Crippen molar-refractivity contribution in [3.63, 3.8) is 0 Å². The van der Waals surface area contributed by atoms with Crippen LogP contribution >= 0.6 is 0 Å². The molecule has 9 heteroatoms. The Morgan fingerprint density at radius 2 is 1.70 bits per heavy atom. The summed E-state index contributed by atoms with van der Waals surface area (Å²) >= 11 is 0. The van der Waals surface area contributed by atoms with Gasteiger partial charge in [-0.05, 0) is 30.7 Å². The number of nitro benzene ring substituents is 1. The SMILES string of the molecule is COc1ccc(C)cc1NC(=O)C(OC(=O)COc1ccccc1[N+](=O)[O-])c1ccccc1. The monoisotopic (exact) mass is 450 g/mol. The number of methoxy groups -OCH3 is 1. The van der Waals surface area contributed by atoms with Gasteiger partial charge in [0.2, 0.25) is 6.10 Å². The molecule has 33 heavy (non-hydrogen) atoms. The first-order chi connectivity index (χ1) is 15.9. The van der Waals surface area contributed by atoms with Gasteiger partial charge in [0.1, 0.15) is 5.75 Å². The Labute approximate surface area is 190 Å². The van der Waals surface area contributed by atoms with Crippen molar-refractivity contribution >= 4 is 23.3 Å². The van der Waals surface area contributed by atoms with E-state index in [0.29, 0.717) is 17.0 Å². The predicted molar refractivity (Wildman–Crippen MR) is 120 cm³/mol. The van der Waals surface area contributed by atoms with Crippen molar-refractivity contribution in [2.24, 2.45) is 0 Å². The van der Waals surface area contributed by atoms with Crippen LogP contribution in [0.3, 0.4) is 0 Å². The van der Waals surface area contributed by atoms with Crippen molar-refractivity contribution in [2.45, 2.75) is 13.0 Å². The molecule has 3 rings (SSSR count). The van der Waals surface area contributed by atoms with Crippen LogP contribution < -0.4 is 14.8 Å². The number of aryl methyl sites for hydroxylation is 1. The topological polar surface area (TPSA) is 117 Å². The fourth-order valence-electron chi connectivity index (χ4n) is 3.05. The lowest BCUT2D eigenvalue weighted by molar-refractivity contribution is -0.385. The number of rotatable bonds is 9. The Balaban J connectivity index is 1.76. The fraction of sp³-hybridized carbons (Fsp3) is 0.167. The summed E-state index contributed by atoms with van der Waals surface area (Å²) in [6.45, 7) is 1.25. The zero-order valence-corrected chi connectivity index (χ0v) is 18.0. The summed E-state index contributed by atoms with van der Waals surface area (Å²) in [7, 11) is 1.48. The molecule has 0 radical (unpaired) electrons. The number of esters is 1. The predicted octanol–water partition coefficient (Wildman–Crippen LogP) is 4.21. The second kappa shape index (κ2) is 10.8. The number of nitrogens with one attached hydrogen (secondary N) is 1. The largest absolute Gasteiger partial charge is 0.495 e. The number of nitrogens with zero attached hydrogens (tertiary/aromatic N) is 1. The molecule has 9 nitrogen and oxygen atoms in total. The Morgan fingerprint density at radius 3 is 2.39 bits per heavy atom. The van der Waals surface area contributed by atoms with Gasteiger partial charge in [0, 0.05) is 11.6 Å². The highest BCUT2D eigenvalue weighted by Gasteiger charge is 2.26. The highest BCUT2D eigenvalue weighted by Crippen LogP contribution is 2.28. The number of benzene rings is 3. The third-order valence-corrected chi connectivity index (χ3v) is 4.61. The van der Waals surface area contributed by atoms with E-state index in [1.165, 1.54) is 25.3 Å². The van der Waals surface area contributed by atoms with Crippen LogP contribution in [0.1, 0.15) is 17.2 Å². The van der Waals surface area contributed by atoms with Crippen LogP contribution in [-0.4, -0.2) is 30.5 Å². The van der Waals surface area contributed by atoms with E-state index in [9.17, 15) is 19.7 Å². The zero-order valence-electron chi connectivity index (χ0n) is 18.0. The lowest BCUT2D eigenvalue weighted by atomic mass is 10.1. The molecule has 0 aromatic heterocycles. The van der Waals surface area contributed by atoms with Crippen molar-refractivity contribution in [1.29, 1.82) is 0 Å². The van der Waals surface area contributed by atoms with Crippen LogP contribution in [0.5, 0.6) is 11.5 Å². The standard InChI is InChI=1S/C24H22N2O7/c1-16-12-13-20(31-2)18(14-16)25-24(28)23(17-8-4-3-5-9-17)33-22(27)15-32-21-11-7-6-10-19(21)26(29)30/h3-14,23H,15H2,1-2H3,(H,25,28). The summed E-state index contributed by atoms with van der Waals surface area (Å²) in [5.74, 6) is -1.09. The Bertz CT molecular complexity index is 1150. The average molecular weight is 450 g/mol. The molecule has 0 fully saturated rings. The van der Waals surface area contributed by atoms with E-state index in [-0.39, 0.29) is 11.4 Å². The second-order valence-electron chi connectivity index (χ2n) is 6.99. The van der Waals surface area contributed by atoms with E-state index in [0.717, 1.165) is 5.56 Å². The molecule has 3 aromatic carbocycles. The van der Waals surface area contributed by atoms with Crippen molar-refractivity contribution in [2.75, 3.05) is 19.0 Å². The molecule has 0 spiro atoms. The van der Waals surface area contributed by atoms with Gasteiger partial charge in [-0.1, -0.05) is 48.5 Å². The minimum Gasteiger partial charge on any atom is -0.495 e. The molecule has 0 bridgehead atoms. The van der Waals surface area contributed by atoms with Gasteiger partial charge < -0.3 is 19.5 Å². The molecule has 0 saturated heterocycles. The lowest BCUT2D eigenvalue weighted by Crippen LogP contribution is -2.28. The van der Waals surface area contributed by atoms with Crippen molar-refractivity contribution in [3.8, 4) is 11.5 Å². The van der Waals surface area contributed by atoms with Crippen LogP contribution in [0.4, 0.5) is 11.4 Å². The molecule has 1 amide bonds. The van der Waals surface area contributed by atoms with Crippen LogP contribution in [0.2, 0.25) is 0 Å². The third kappa shape index (κ3) is 6.07. The van der Waals surface area contributed by atoms with E-state index < -0.39 is 29.5 Å². The molecule has 0 heterocycles. The van der Waals surface area contributed by atoms with Crippen LogP contribution in [0, 0.1) is 17.0 Å². The van der Waals surface area contributed by atoms with E-state index in [2.05, 4.69) is 5.32 Å². The first-order valence-electron chi connectivity index (χ1n) is 9.95. The lowest BCUT2D eigenvalue weighted by Gasteiger charge is -2.19. The van der Waals surface area contributed by atoms with E-state index >= 15 is 0 Å². The summed E-state index contributed by atoms with van der Waals surface area (Å²) in [5, 5.41) is 13.8. The number of ether oxygens (including phenoxy) is 3. The number of hydrogen-bond acceptors (Lipinski definition) is 7. The Kier molecular flexibility index (Phi) is 7.59. The Hall–Kier alpha value is -4.40. The normalized spacial score (nSPS) is 11.2. The number of anilines is 1. The van der Waals surface area contributed by atoms with E-state index in [1.807, 2.05) is 13.0 Å². The molecule has 0 aliphatic carbocycles. The van der Waals surface area contributed by atoms with Gasteiger partial charge in [0.25, 0.3) is 5.91 Å².